The van der Waals surface area contributed by atoms with Crippen molar-refractivity contribution in [3.8, 4) is 22.9 Å². The average Bonchev–Trinajstić information content (AvgIpc) is 3.01. The molecule has 0 amide bonds. The number of thioether (sulfide) groups is 1. The van der Waals surface area contributed by atoms with Gasteiger partial charge in [-0.05, 0) is 37.6 Å². The van der Waals surface area contributed by atoms with E-state index in [4.69, 9.17) is 14.5 Å². The van der Waals surface area contributed by atoms with Crippen LogP contribution in [0.1, 0.15) is 29.8 Å². The Morgan fingerprint density at radius 1 is 0.970 bits per heavy atom. The van der Waals surface area contributed by atoms with E-state index in [1.165, 1.54) is 22.9 Å². The summed E-state index contributed by atoms with van der Waals surface area (Å²) in [7, 11) is 0. The van der Waals surface area contributed by atoms with Crippen LogP contribution in [0.5, 0.6) is 11.6 Å². The van der Waals surface area contributed by atoms with Crippen molar-refractivity contribution in [2.24, 2.45) is 0 Å². The van der Waals surface area contributed by atoms with Gasteiger partial charge >= 0.3 is 0 Å². The second-order valence-corrected chi connectivity index (χ2v) is 8.62. The Morgan fingerprint density at radius 3 is 2.61 bits per heavy atom. The van der Waals surface area contributed by atoms with E-state index in [1.807, 2.05) is 55.5 Å². The fraction of sp³-hybridized carbons (Fsp3) is 0.192. The van der Waals surface area contributed by atoms with Crippen molar-refractivity contribution < 1.29 is 9.47 Å². The molecule has 2 heterocycles. The molecule has 0 saturated heterocycles. The molecule has 1 N–H and O–H groups in total. The van der Waals surface area contributed by atoms with Gasteiger partial charge in [-0.3, -0.25) is 0 Å². The van der Waals surface area contributed by atoms with Gasteiger partial charge in [0.1, 0.15) is 5.75 Å². The van der Waals surface area contributed by atoms with Gasteiger partial charge in [-0.25, -0.2) is 0 Å². The first-order valence-corrected chi connectivity index (χ1v) is 11.9. The predicted molar refractivity (Wildman–Crippen MR) is 131 cm³/mol. The minimum atomic E-state index is -0.484. The zero-order valence-electron chi connectivity index (χ0n) is 18.5. The maximum Gasteiger partial charge on any atom is 0.247 e. The summed E-state index contributed by atoms with van der Waals surface area (Å²) in [6.45, 7) is 4.62. The van der Waals surface area contributed by atoms with E-state index in [9.17, 15) is 0 Å². The van der Waals surface area contributed by atoms with Gasteiger partial charge in [-0.1, -0.05) is 71.9 Å². The van der Waals surface area contributed by atoms with E-state index in [1.54, 1.807) is 0 Å². The standard InChI is InChI=1S/C26H24N4O2S/c1-3-31-22-11-7-5-9-20(22)24-27-21-10-6-4-8-19(21)23-25(32-24)28-26(30-29-23)33-16-18-14-12-17(2)13-15-18/h4-15,24,27H,3,16H2,1-2H3/t24-/m1/s1. The van der Waals surface area contributed by atoms with Crippen LogP contribution in [-0.2, 0) is 5.75 Å². The highest BCUT2D eigenvalue weighted by Crippen LogP contribution is 2.41. The lowest BCUT2D eigenvalue weighted by Crippen LogP contribution is -2.18. The molecule has 0 saturated carbocycles. The molecule has 0 aliphatic carbocycles. The van der Waals surface area contributed by atoms with Crippen LogP contribution in [-0.4, -0.2) is 21.8 Å². The van der Waals surface area contributed by atoms with Crippen molar-refractivity contribution in [1.29, 1.82) is 0 Å². The lowest BCUT2D eigenvalue weighted by atomic mass is 10.1. The SMILES string of the molecule is CCOc1ccccc1[C@@H]1Nc2ccccc2-c2nnc(SCc3ccc(C)cc3)nc2O1. The van der Waals surface area contributed by atoms with Crippen LogP contribution in [0, 0.1) is 6.92 Å². The number of hydrogen-bond acceptors (Lipinski definition) is 7. The van der Waals surface area contributed by atoms with Crippen molar-refractivity contribution in [3.05, 3.63) is 89.5 Å². The summed E-state index contributed by atoms with van der Waals surface area (Å²) in [5, 5.41) is 12.9. The van der Waals surface area contributed by atoms with Crippen LogP contribution in [0.25, 0.3) is 11.3 Å². The van der Waals surface area contributed by atoms with Crippen LogP contribution >= 0.6 is 11.8 Å². The number of para-hydroxylation sites is 2. The molecular weight excluding hydrogens is 432 g/mol. The van der Waals surface area contributed by atoms with Gasteiger partial charge < -0.3 is 14.8 Å². The summed E-state index contributed by atoms with van der Waals surface area (Å²) in [4.78, 5) is 4.74. The first-order valence-electron chi connectivity index (χ1n) is 10.9. The monoisotopic (exact) mass is 456 g/mol. The van der Waals surface area contributed by atoms with Crippen molar-refractivity contribution in [2.45, 2.75) is 31.0 Å². The Morgan fingerprint density at radius 2 is 1.76 bits per heavy atom. The number of anilines is 1. The topological polar surface area (TPSA) is 69.2 Å². The van der Waals surface area contributed by atoms with Crippen molar-refractivity contribution in [1.82, 2.24) is 15.2 Å². The van der Waals surface area contributed by atoms with Gasteiger partial charge in [-0.15, -0.1) is 10.2 Å². The number of fused-ring (bicyclic) bond motifs is 3. The summed E-state index contributed by atoms with van der Waals surface area (Å²) in [6, 6.07) is 24.3. The second kappa shape index (κ2) is 9.50. The van der Waals surface area contributed by atoms with E-state index >= 15 is 0 Å². The number of aromatic nitrogens is 3. The van der Waals surface area contributed by atoms with E-state index in [0.29, 0.717) is 23.3 Å². The Balaban J connectivity index is 1.49. The number of hydrogen-bond donors (Lipinski definition) is 1. The number of nitrogens with one attached hydrogen (secondary N) is 1. The highest BCUT2D eigenvalue weighted by Gasteiger charge is 2.27. The zero-order chi connectivity index (χ0) is 22.6. The average molecular weight is 457 g/mol. The quantitative estimate of drug-likeness (QED) is 0.355. The van der Waals surface area contributed by atoms with Gasteiger partial charge in [0, 0.05) is 17.0 Å². The lowest BCUT2D eigenvalue weighted by molar-refractivity contribution is 0.217. The highest BCUT2D eigenvalue weighted by molar-refractivity contribution is 7.98. The van der Waals surface area contributed by atoms with Gasteiger partial charge in [0.05, 0.1) is 12.2 Å². The third-order valence-electron chi connectivity index (χ3n) is 5.32. The number of aryl methyl sites for hydroxylation is 1. The fourth-order valence-electron chi connectivity index (χ4n) is 3.67. The van der Waals surface area contributed by atoms with Gasteiger partial charge in [0.25, 0.3) is 0 Å². The van der Waals surface area contributed by atoms with Crippen LogP contribution in [0.2, 0.25) is 0 Å². The van der Waals surface area contributed by atoms with Crippen molar-refractivity contribution >= 4 is 17.4 Å². The van der Waals surface area contributed by atoms with Crippen LogP contribution in [0.4, 0.5) is 5.69 Å². The third-order valence-corrected chi connectivity index (χ3v) is 6.23. The molecule has 6 nitrogen and oxygen atoms in total. The molecule has 33 heavy (non-hydrogen) atoms. The third kappa shape index (κ3) is 4.64. The van der Waals surface area contributed by atoms with Gasteiger partial charge in [0.15, 0.2) is 5.69 Å². The maximum absolute atomic E-state index is 6.40. The summed E-state index contributed by atoms with van der Waals surface area (Å²) in [5.41, 5.74) is 5.77. The zero-order valence-corrected chi connectivity index (χ0v) is 19.3. The Bertz CT molecular complexity index is 1260. The second-order valence-electron chi connectivity index (χ2n) is 7.68. The summed E-state index contributed by atoms with van der Waals surface area (Å²) >= 11 is 1.54. The number of ether oxygens (including phenoxy) is 2. The van der Waals surface area contributed by atoms with E-state index in [0.717, 1.165) is 28.3 Å². The van der Waals surface area contributed by atoms with Crippen LogP contribution in [0.3, 0.4) is 0 Å². The molecule has 0 bridgehead atoms. The molecule has 3 aromatic carbocycles. The molecule has 1 aromatic heterocycles. The first kappa shape index (κ1) is 21.3. The largest absolute Gasteiger partial charge is 0.493 e. The lowest BCUT2D eigenvalue weighted by Gasteiger charge is -2.21. The maximum atomic E-state index is 6.40. The molecule has 4 aromatic rings. The van der Waals surface area contributed by atoms with E-state index in [-0.39, 0.29) is 0 Å². The minimum Gasteiger partial charge on any atom is -0.493 e. The molecule has 1 atom stereocenters. The highest BCUT2D eigenvalue weighted by atomic mass is 32.2. The summed E-state index contributed by atoms with van der Waals surface area (Å²) in [6.07, 6.45) is -0.484. The van der Waals surface area contributed by atoms with Crippen molar-refractivity contribution in [3.63, 3.8) is 0 Å². The number of nitrogens with zero attached hydrogens (tertiary/aromatic N) is 3. The van der Waals surface area contributed by atoms with Gasteiger partial charge in [-0.2, -0.15) is 4.98 Å². The molecular formula is C26H24N4O2S. The van der Waals surface area contributed by atoms with Crippen LogP contribution < -0.4 is 14.8 Å². The smallest absolute Gasteiger partial charge is 0.247 e. The normalized spacial score (nSPS) is 14.3. The summed E-state index contributed by atoms with van der Waals surface area (Å²) < 4.78 is 12.3. The fourth-order valence-corrected chi connectivity index (χ4v) is 4.40. The van der Waals surface area contributed by atoms with Gasteiger partial charge in [0.2, 0.25) is 17.3 Å². The van der Waals surface area contributed by atoms with Crippen LogP contribution in [0.15, 0.2) is 78.0 Å². The molecule has 0 fully saturated rings. The molecule has 7 heteroatoms. The molecule has 0 radical (unpaired) electrons. The number of benzene rings is 3. The molecule has 0 unspecified atom stereocenters. The van der Waals surface area contributed by atoms with E-state index < -0.39 is 6.23 Å². The Hall–Kier alpha value is -3.58. The number of rotatable bonds is 6. The molecule has 0 spiro atoms. The minimum absolute atomic E-state index is 0.449. The Labute approximate surface area is 197 Å². The first-order chi connectivity index (χ1) is 16.2. The Kier molecular flexibility index (Phi) is 6.13. The van der Waals surface area contributed by atoms with Crippen molar-refractivity contribution in [2.75, 3.05) is 11.9 Å². The molecule has 1 aliphatic heterocycles. The predicted octanol–water partition coefficient (Wildman–Crippen LogP) is 6.04. The molecule has 5 rings (SSSR count). The van der Waals surface area contributed by atoms with E-state index in [2.05, 4.69) is 46.7 Å². The molecule has 1 aliphatic rings. The molecule has 166 valence electrons. The summed E-state index contributed by atoms with van der Waals surface area (Å²) in [5.74, 6) is 1.98.